The summed E-state index contributed by atoms with van der Waals surface area (Å²) in [5.41, 5.74) is 2.97. The number of ether oxygens (including phenoxy) is 1. The molecule has 0 aliphatic heterocycles. The molecule has 0 amide bonds. The van der Waals surface area contributed by atoms with E-state index < -0.39 is 0 Å². The lowest BCUT2D eigenvalue weighted by molar-refractivity contribution is -0.140. The van der Waals surface area contributed by atoms with E-state index in [0.29, 0.717) is 5.75 Å². The lowest BCUT2D eigenvalue weighted by atomic mass is 9.69. The molecule has 0 N–H and O–H groups in total. The van der Waals surface area contributed by atoms with Gasteiger partial charge in [-0.05, 0) is 80.8 Å². The van der Waals surface area contributed by atoms with Crippen LogP contribution in [0.5, 0.6) is 5.75 Å². The lowest BCUT2D eigenvalue weighted by Gasteiger charge is -2.34. The van der Waals surface area contributed by atoms with E-state index >= 15 is 0 Å². The van der Waals surface area contributed by atoms with Crippen molar-refractivity contribution in [3.63, 3.8) is 0 Å². The van der Waals surface area contributed by atoms with E-state index in [2.05, 4.69) is 37.0 Å². The Morgan fingerprint density at radius 3 is 2.19 bits per heavy atom. The maximum absolute atomic E-state index is 12.8. The van der Waals surface area contributed by atoms with Crippen molar-refractivity contribution < 1.29 is 9.53 Å². The predicted molar refractivity (Wildman–Crippen MR) is 151 cm³/mol. The molecule has 1 aliphatic rings. The van der Waals surface area contributed by atoms with Crippen LogP contribution in [-0.4, -0.2) is 11.0 Å². The van der Waals surface area contributed by atoms with Crippen LogP contribution >= 0.6 is 0 Å². The van der Waals surface area contributed by atoms with Gasteiger partial charge < -0.3 is 4.74 Å². The number of carbonyl (C=O) groups excluding carboxylic acids is 1. The minimum absolute atomic E-state index is 0.114. The first-order valence-corrected chi connectivity index (χ1v) is 14.8. The Labute approximate surface area is 224 Å². The average Bonchev–Trinajstić information content (AvgIpc) is 2.94. The molecule has 200 valence electrons. The van der Waals surface area contributed by atoms with Crippen LogP contribution in [-0.2, 0) is 11.2 Å². The van der Waals surface area contributed by atoms with Gasteiger partial charge in [0.1, 0.15) is 5.75 Å². The van der Waals surface area contributed by atoms with Crippen molar-refractivity contribution in [2.45, 2.75) is 117 Å². The molecule has 4 heteroatoms. The Morgan fingerprint density at radius 1 is 0.919 bits per heavy atom. The summed E-state index contributed by atoms with van der Waals surface area (Å²) in [4.78, 5) is 17.5. The zero-order valence-corrected chi connectivity index (χ0v) is 23.1. The molecule has 0 radical (unpaired) electrons. The summed E-state index contributed by atoms with van der Waals surface area (Å²) >= 11 is 0. The number of nitriles is 1. The molecular weight excluding hydrogens is 456 g/mol. The Bertz CT molecular complexity index is 967. The number of rotatable bonds is 15. The van der Waals surface area contributed by atoms with E-state index in [-0.39, 0.29) is 17.3 Å². The van der Waals surface area contributed by atoms with Crippen LogP contribution in [0.1, 0.15) is 116 Å². The highest BCUT2D eigenvalue weighted by atomic mass is 16.5. The first-order chi connectivity index (χ1) is 18.1. The smallest absolute Gasteiger partial charge is 0.314 e. The van der Waals surface area contributed by atoms with Crippen molar-refractivity contribution in [2.75, 3.05) is 0 Å². The van der Waals surface area contributed by atoms with E-state index in [9.17, 15) is 10.1 Å². The van der Waals surface area contributed by atoms with Gasteiger partial charge in [-0.3, -0.25) is 9.78 Å². The second-order valence-corrected chi connectivity index (χ2v) is 11.0. The first-order valence-electron chi connectivity index (χ1n) is 14.8. The Morgan fingerprint density at radius 2 is 1.57 bits per heavy atom. The van der Waals surface area contributed by atoms with Gasteiger partial charge in [-0.25, -0.2) is 0 Å². The van der Waals surface area contributed by atoms with Crippen LogP contribution in [0.3, 0.4) is 0 Å². The van der Waals surface area contributed by atoms with Gasteiger partial charge in [0.05, 0.1) is 23.1 Å². The van der Waals surface area contributed by atoms with Crippen molar-refractivity contribution in [1.29, 1.82) is 5.26 Å². The van der Waals surface area contributed by atoms with E-state index in [1.165, 1.54) is 63.4 Å². The molecule has 1 aromatic heterocycles. The van der Waals surface area contributed by atoms with Gasteiger partial charge in [0, 0.05) is 11.8 Å². The van der Waals surface area contributed by atoms with E-state index in [0.717, 1.165) is 56.2 Å². The molecule has 0 spiro atoms. The molecule has 1 saturated carbocycles. The molecule has 1 aromatic carbocycles. The van der Waals surface area contributed by atoms with Crippen LogP contribution in [0.15, 0.2) is 42.6 Å². The summed E-state index contributed by atoms with van der Waals surface area (Å²) in [6.45, 7) is 4.46. The topological polar surface area (TPSA) is 63.0 Å². The largest absolute Gasteiger partial charge is 0.426 e. The second-order valence-electron chi connectivity index (χ2n) is 11.0. The Hall–Kier alpha value is -2.67. The molecule has 37 heavy (non-hydrogen) atoms. The van der Waals surface area contributed by atoms with Crippen LogP contribution in [0.4, 0.5) is 0 Å². The minimum atomic E-state index is -0.250. The van der Waals surface area contributed by atoms with Crippen molar-refractivity contribution in [1.82, 2.24) is 4.98 Å². The number of hydrogen-bond donors (Lipinski definition) is 0. The van der Waals surface area contributed by atoms with Crippen molar-refractivity contribution in [3.8, 4) is 23.1 Å². The van der Waals surface area contributed by atoms with Crippen LogP contribution in [0.25, 0.3) is 11.3 Å². The highest BCUT2D eigenvalue weighted by molar-refractivity contribution is 5.75. The molecule has 1 fully saturated rings. The summed E-state index contributed by atoms with van der Waals surface area (Å²) in [6, 6.07) is 14.5. The van der Waals surface area contributed by atoms with Gasteiger partial charge in [-0.2, -0.15) is 5.26 Å². The molecule has 0 saturated heterocycles. The van der Waals surface area contributed by atoms with Crippen molar-refractivity contribution in [2.24, 2.45) is 11.3 Å². The molecule has 3 rings (SSSR count). The van der Waals surface area contributed by atoms with Gasteiger partial charge in [0.2, 0.25) is 0 Å². The van der Waals surface area contributed by atoms with E-state index in [4.69, 9.17) is 4.74 Å². The average molecular weight is 503 g/mol. The number of benzene rings is 1. The van der Waals surface area contributed by atoms with E-state index in [1.807, 2.05) is 30.5 Å². The quantitative estimate of drug-likeness (QED) is 0.138. The standard InChI is InChI=1S/C33H46N2O2/c1-3-5-7-8-9-10-12-22-33(26-34)23-20-29(21-24-33)32(36)37-30-17-15-28(16-18-30)31-19-14-27(25-35-31)13-11-6-4-2/h14-19,25,29H,3-13,20-24H2,1-2H3/t29-,33-. The fourth-order valence-corrected chi connectivity index (χ4v) is 5.46. The molecule has 0 bridgehead atoms. The molecule has 4 nitrogen and oxygen atoms in total. The summed E-state index contributed by atoms with van der Waals surface area (Å²) in [5.74, 6) is 0.298. The molecule has 2 aromatic rings. The maximum Gasteiger partial charge on any atom is 0.314 e. The number of nitrogens with zero attached hydrogens (tertiary/aromatic N) is 2. The summed E-state index contributed by atoms with van der Waals surface area (Å²) < 4.78 is 5.72. The number of carbonyl (C=O) groups is 1. The third-order valence-corrected chi connectivity index (χ3v) is 8.03. The normalized spacial score (nSPS) is 19.3. The highest BCUT2D eigenvalue weighted by Crippen LogP contribution is 2.43. The predicted octanol–water partition coefficient (Wildman–Crippen LogP) is 9.23. The number of pyridine rings is 1. The van der Waals surface area contributed by atoms with Crippen LogP contribution < -0.4 is 4.74 Å². The second kappa shape index (κ2) is 15.6. The zero-order chi connectivity index (χ0) is 26.3. The fourth-order valence-electron chi connectivity index (χ4n) is 5.46. The van der Waals surface area contributed by atoms with Crippen LogP contribution in [0.2, 0.25) is 0 Å². The molecule has 0 unspecified atom stereocenters. The number of esters is 1. The molecule has 1 aliphatic carbocycles. The lowest BCUT2D eigenvalue weighted by Crippen LogP contribution is -2.31. The Balaban J connectivity index is 1.43. The number of aromatic nitrogens is 1. The number of unbranched alkanes of at least 4 members (excludes halogenated alkanes) is 8. The van der Waals surface area contributed by atoms with Gasteiger partial charge >= 0.3 is 5.97 Å². The summed E-state index contributed by atoms with van der Waals surface area (Å²) in [5, 5.41) is 9.89. The van der Waals surface area contributed by atoms with Gasteiger partial charge in [0.15, 0.2) is 0 Å². The van der Waals surface area contributed by atoms with Gasteiger partial charge in [0.25, 0.3) is 0 Å². The maximum atomic E-state index is 12.8. The summed E-state index contributed by atoms with van der Waals surface area (Å²) in [6.07, 6.45) is 19.6. The number of hydrogen-bond acceptors (Lipinski definition) is 4. The zero-order valence-electron chi connectivity index (χ0n) is 23.1. The van der Waals surface area contributed by atoms with Gasteiger partial charge in [-0.1, -0.05) is 77.7 Å². The van der Waals surface area contributed by atoms with Crippen molar-refractivity contribution in [3.05, 3.63) is 48.2 Å². The third kappa shape index (κ3) is 9.29. The number of aryl methyl sites for hydroxylation is 1. The summed E-state index contributed by atoms with van der Waals surface area (Å²) in [7, 11) is 0. The van der Waals surface area contributed by atoms with Crippen molar-refractivity contribution >= 4 is 5.97 Å². The SMILES string of the molecule is CCCCCCCCC[C@]1(C#N)CC[C@H](C(=O)Oc2ccc(-c3ccc(CCCCC)cn3)cc2)CC1. The van der Waals surface area contributed by atoms with Crippen LogP contribution in [0, 0.1) is 22.7 Å². The first kappa shape index (κ1) is 28.9. The minimum Gasteiger partial charge on any atom is -0.426 e. The highest BCUT2D eigenvalue weighted by Gasteiger charge is 2.37. The monoisotopic (exact) mass is 502 g/mol. The Kier molecular flexibility index (Phi) is 12.1. The fraction of sp³-hybridized carbons (Fsp3) is 0.606. The molecular formula is C33H46N2O2. The van der Waals surface area contributed by atoms with Gasteiger partial charge in [-0.15, -0.1) is 0 Å². The molecule has 1 heterocycles. The third-order valence-electron chi connectivity index (χ3n) is 8.03. The molecule has 0 atom stereocenters. The van der Waals surface area contributed by atoms with E-state index in [1.54, 1.807) is 0 Å².